The van der Waals surface area contributed by atoms with Gasteiger partial charge in [0.2, 0.25) is 0 Å². The molecule has 0 spiro atoms. The van der Waals surface area contributed by atoms with E-state index in [2.05, 4.69) is 24.4 Å². The number of hydrogen-bond acceptors (Lipinski definition) is 5. The van der Waals surface area contributed by atoms with E-state index in [1.54, 1.807) is 19.1 Å². The molecule has 1 N–H and O–H groups in total. The number of aryl methyl sites for hydroxylation is 1. The van der Waals surface area contributed by atoms with Gasteiger partial charge in [-0.1, -0.05) is 26.0 Å². The molecular formula is C16H19N3O3. The van der Waals surface area contributed by atoms with Crippen LogP contribution in [0.15, 0.2) is 23.3 Å². The number of hydrogen-bond donors (Lipinski definition) is 1. The third-order valence-corrected chi connectivity index (χ3v) is 4.52. The van der Waals surface area contributed by atoms with E-state index < -0.39 is 4.92 Å². The SMILES string of the molecule is Cc1ccc(C2=NN[C@@H]3CC(C)(C)CC(=O)[C@@H]23)cc1[N+](=O)[O-]. The Morgan fingerprint density at radius 3 is 2.82 bits per heavy atom. The van der Waals surface area contributed by atoms with Gasteiger partial charge in [0.15, 0.2) is 0 Å². The van der Waals surface area contributed by atoms with Gasteiger partial charge in [0.05, 0.1) is 22.6 Å². The van der Waals surface area contributed by atoms with E-state index in [0.29, 0.717) is 23.3 Å². The molecule has 1 heterocycles. The van der Waals surface area contributed by atoms with Gasteiger partial charge in [-0.25, -0.2) is 0 Å². The lowest BCUT2D eigenvalue weighted by Gasteiger charge is -2.36. The molecular weight excluding hydrogens is 282 g/mol. The van der Waals surface area contributed by atoms with Gasteiger partial charge in [-0.15, -0.1) is 0 Å². The van der Waals surface area contributed by atoms with Gasteiger partial charge in [-0.2, -0.15) is 5.10 Å². The Bertz CT molecular complexity index is 694. The van der Waals surface area contributed by atoms with E-state index in [4.69, 9.17) is 0 Å². The smallest absolute Gasteiger partial charge is 0.272 e. The highest BCUT2D eigenvalue weighted by Gasteiger charge is 2.46. The molecule has 1 aliphatic carbocycles. The first-order valence-corrected chi connectivity index (χ1v) is 7.40. The van der Waals surface area contributed by atoms with E-state index in [9.17, 15) is 14.9 Å². The number of nitrogens with one attached hydrogen (secondary N) is 1. The van der Waals surface area contributed by atoms with Crippen LogP contribution in [0, 0.1) is 28.4 Å². The predicted octanol–water partition coefficient (Wildman–Crippen LogP) is 2.58. The van der Waals surface area contributed by atoms with Crippen molar-refractivity contribution in [2.45, 2.75) is 39.7 Å². The molecule has 0 unspecified atom stereocenters. The minimum Gasteiger partial charge on any atom is -0.306 e. The largest absolute Gasteiger partial charge is 0.306 e. The molecule has 0 saturated heterocycles. The van der Waals surface area contributed by atoms with Crippen LogP contribution in [0.25, 0.3) is 0 Å². The van der Waals surface area contributed by atoms with Gasteiger partial charge >= 0.3 is 0 Å². The maximum atomic E-state index is 12.5. The average Bonchev–Trinajstić information content (AvgIpc) is 2.81. The zero-order valence-electron chi connectivity index (χ0n) is 12.9. The van der Waals surface area contributed by atoms with Crippen molar-refractivity contribution in [2.75, 3.05) is 0 Å². The Hall–Kier alpha value is -2.24. The third kappa shape index (κ3) is 2.38. The van der Waals surface area contributed by atoms with Crippen LogP contribution in [0.4, 0.5) is 5.69 Å². The van der Waals surface area contributed by atoms with Gasteiger partial charge in [0.25, 0.3) is 5.69 Å². The molecule has 3 rings (SSSR count). The summed E-state index contributed by atoms with van der Waals surface area (Å²) in [6.45, 7) is 5.86. The topological polar surface area (TPSA) is 84.6 Å². The highest BCUT2D eigenvalue weighted by molar-refractivity contribution is 6.15. The lowest BCUT2D eigenvalue weighted by atomic mass is 9.68. The van der Waals surface area contributed by atoms with Gasteiger partial charge in [-0.05, 0) is 18.8 Å². The number of carbonyl (C=O) groups excluding carboxylic acids is 1. The summed E-state index contributed by atoms with van der Waals surface area (Å²) in [4.78, 5) is 23.2. The molecule has 1 fully saturated rings. The van der Waals surface area contributed by atoms with Crippen molar-refractivity contribution in [3.8, 4) is 0 Å². The Morgan fingerprint density at radius 1 is 1.41 bits per heavy atom. The lowest BCUT2D eigenvalue weighted by Crippen LogP contribution is -2.45. The quantitative estimate of drug-likeness (QED) is 0.672. The van der Waals surface area contributed by atoms with Crippen LogP contribution in [0.5, 0.6) is 0 Å². The molecule has 0 amide bonds. The van der Waals surface area contributed by atoms with Crippen LogP contribution in [-0.2, 0) is 4.79 Å². The highest BCUT2D eigenvalue weighted by Crippen LogP contribution is 2.39. The standard InChI is InChI=1S/C16H19N3O3/c1-9-4-5-10(6-12(9)19(21)22)15-14-11(17-18-15)7-16(2,3)8-13(14)20/h4-6,11,14,17H,7-8H2,1-3H3/t11-,14+/m1/s1. The Balaban J connectivity index is 1.96. The summed E-state index contributed by atoms with van der Waals surface area (Å²) in [5.74, 6) is -0.136. The molecule has 1 aliphatic heterocycles. The molecule has 2 atom stereocenters. The van der Waals surface area contributed by atoms with Crippen LogP contribution in [0.1, 0.15) is 37.8 Å². The number of rotatable bonds is 2. The second-order valence-corrected chi connectivity index (χ2v) is 6.98. The minimum atomic E-state index is -0.398. The molecule has 0 aromatic heterocycles. The molecule has 22 heavy (non-hydrogen) atoms. The van der Waals surface area contributed by atoms with E-state index >= 15 is 0 Å². The van der Waals surface area contributed by atoms with Crippen molar-refractivity contribution in [2.24, 2.45) is 16.4 Å². The van der Waals surface area contributed by atoms with Crippen molar-refractivity contribution in [1.82, 2.24) is 5.43 Å². The van der Waals surface area contributed by atoms with Gasteiger partial charge in [-0.3, -0.25) is 14.9 Å². The molecule has 6 nitrogen and oxygen atoms in total. The summed E-state index contributed by atoms with van der Waals surface area (Å²) < 4.78 is 0. The van der Waals surface area contributed by atoms with Gasteiger partial charge in [0, 0.05) is 23.6 Å². The minimum absolute atomic E-state index is 0.00777. The number of nitro benzene ring substituents is 1. The van der Waals surface area contributed by atoms with Crippen LogP contribution < -0.4 is 5.43 Å². The van der Waals surface area contributed by atoms with Crippen molar-refractivity contribution in [1.29, 1.82) is 0 Å². The Labute approximate surface area is 128 Å². The summed E-state index contributed by atoms with van der Waals surface area (Å²) in [5, 5.41) is 15.4. The van der Waals surface area contributed by atoms with Crippen LogP contribution in [0.2, 0.25) is 0 Å². The maximum Gasteiger partial charge on any atom is 0.272 e. The summed E-state index contributed by atoms with van der Waals surface area (Å²) in [6, 6.07) is 5.02. The number of fused-ring (bicyclic) bond motifs is 1. The first-order valence-electron chi connectivity index (χ1n) is 7.40. The molecule has 116 valence electrons. The van der Waals surface area contributed by atoms with Crippen LogP contribution >= 0.6 is 0 Å². The van der Waals surface area contributed by atoms with Gasteiger partial charge in [0.1, 0.15) is 5.78 Å². The monoisotopic (exact) mass is 301 g/mol. The predicted molar refractivity (Wildman–Crippen MR) is 82.8 cm³/mol. The van der Waals surface area contributed by atoms with Crippen LogP contribution in [0.3, 0.4) is 0 Å². The molecule has 1 saturated carbocycles. The normalized spacial score (nSPS) is 26.1. The highest BCUT2D eigenvalue weighted by atomic mass is 16.6. The third-order valence-electron chi connectivity index (χ3n) is 4.52. The number of hydrazone groups is 1. The molecule has 1 aromatic rings. The zero-order valence-corrected chi connectivity index (χ0v) is 12.9. The fourth-order valence-corrected chi connectivity index (χ4v) is 3.49. The number of nitro groups is 1. The number of carbonyl (C=O) groups is 1. The summed E-state index contributed by atoms with van der Waals surface area (Å²) in [5.41, 5.74) is 4.98. The van der Waals surface area contributed by atoms with Crippen molar-refractivity contribution in [3.63, 3.8) is 0 Å². The molecule has 6 heteroatoms. The fraction of sp³-hybridized carbons (Fsp3) is 0.500. The number of benzene rings is 1. The molecule has 0 radical (unpaired) electrons. The average molecular weight is 301 g/mol. The summed E-state index contributed by atoms with van der Waals surface area (Å²) in [7, 11) is 0. The second-order valence-electron chi connectivity index (χ2n) is 6.98. The van der Waals surface area contributed by atoms with E-state index in [1.807, 2.05) is 0 Å². The maximum absolute atomic E-state index is 12.5. The molecule has 0 bridgehead atoms. The zero-order chi connectivity index (χ0) is 16.1. The van der Waals surface area contributed by atoms with Crippen LogP contribution in [-0.4, -0.2) is 22.5 Å². The van der Waals surface area contributed by atoms with E-state index in [-0.39, 0.29) is 28.8 Å². The fourth-order valence-electron chi connectivity index (χ4n) is 3.49. The number of Topliss-reactive ketones (excluding diaryl/α,β-unsaturated/α-hetero) is 1. The number of ketones is 1. The van der Waals surface area contributed by atoms with E-state index in [0.717, 1.165) is 6.42 Å². The summed E-state index contributed by atoms with van der Waals surface area (Å²) in [6.07, 6.45) is 1.38. The van der Waals surface area contributed by atoms with Gasteiger partial charge < -0.3 is 5.43 Å². The van der Waals surface area contributed by atoms with Crippen molar-refractivity contribution >= 4 is 17.2 Å². The second kappa shape index (κ2) is 4.90. The Morgan fingerprint density at radius 2 is 2.14 bits per heavy atom. The lowest BCUT2D eigenvalue weighted by molar-refractivity contribution is -0.385. The van der Waals surface area contributed by atoms with E-state index in [1.165, 1.54) is 6.07 Å². The summed E-state index contributed by atoms with van der Waals surface area (Å²) >= 11 is 0. The number of nitrogens with zero attached hydrogens (tertiary/aromatic N) is 2. The van der Waals surface area contributed by atoms with Crippen molar-refractivity contribution < 1.29 is 9.72 Å². The first kappa shape index (κ1) is 14.7. The van der Waals surface area contributed by atoms with Crippen molar-refractivity contribution in [3.05, 3.63) is 39.4 Å². The molecule has 2 aliphatic rings. The first-order chi connectivity index (χ1) is 10.3. The Kier molecular flexibility index (Phi) is 3.27. The molecule has 1 aromatic carbocycles.